The van der Waals surface area contributed by atoms with Crippen molar-refractivity contribution in [3.63, 3.8) is 0 Å². The van der Waals surface area contributed by atoms with E-state index in [-0.39, 0.29) is 24.0 Å². The van der Waals surface area contributed by atoms with Crippen molar-refractivity contribution in [2.24, 2.45) is 5.92 Å². The van der Waals surface area contributed by atoms with Crippen molar-refractivity contribution in [1.29, 1.82) is 0 Å². The van der Waals surface area contributed by atoms with E-state index in [1.807, 2.05) is 31.2 Å². The first-order chi connectivity index (χ1) is 13.3. The highest BCUT2D eigenvalue weighted by atomic mass is 35.5. The molecule has 2 amide bonds. The highest BCUT2D eigenvalue weighted by molar-refractivity contribution is 6.32. The number of pyridine rings is 1. The highest BCUT2D eigenvalue weighted by Gasteiger charge is 2.37. The van der Waals surface area contributed by atoms with Crippen LogP contribution >= 0.6 is 11.6 Å². The fourth-order valence-electron chi connectivity index (χ4n) is 2.88. The second-order valence-corrected chi connectivity index (χ2v) is 7.01. The van der Waals surface area contributed by atoms with Crippen LogP contribution in [0.4, 0.5) is 11.4 Å². The van der Waals surface area contributed by atoms with Gasteiger partial charge < -0.3 is 15.0 Å². The molecule has 2 heterocycles. The Morgan fingerprint density at radius 1 is 1.29 bits per heavy atom. The molecule has 2 aromatic rings. The van der Waals surface area contributed by atoms with Gasteiger partial charge in [0, 0.05) is 24.8 Å². The quantitative estimate of drug-likeness (QED) is 0.614. The first kappa shape index (κ1) is 19.8. The first-order valence-electron chi connectivity index (χ1n) is 8.84. The lowest BCUT2D eigenvalue weighted by atomic mass is 10.1. The van der Waals surface area contributed by atoms with Crippen LogP contribution in [-0.4, -0.2) is 35.4 Å². The third-order valence-electron chi connectivity index (χ3n) is 4.48. The number of nitrogens with zero attached hydrogens (tertiary/aromatic N) is 2. The Labute approximate surface area is 167 Å². The van der Waals surface area contributed by atoms with E-state index in [9.17, 15) is 14.4 Å². The van der Waals surface area contributed by atoms with Crippen molar-refractivity contribution in [3.8, 4) is 0 Å². The summed E-state index contributed by atoms with van der Waals surface area (Å²) < 4.78 is 5.27. The monoisotopic (exact) mass is 401 g/mol. The van der Waals surface area contributed by atoms with Gasteiger partial charge >= 0.3 is 5.97 Å². The summed E-state index contributed by atoms with van der Waals surface area (Å²) in [6, 6.07) is 10.7. The second kappa shape index (κ2) is 8.39. The minimum absolute atomic E-state index is 0.0511. The molecule has 1 aromatic heterocycles. The van der Waals surface area contributed by atoms with E-state index in [0.29, 0.717) is 5.69 Å². The summed E-state index contributed by atoms with van der Waals surface area (Å²) in [5, 5.41) is 2.71. The Balaban J connectivity index is 1.58. The lowest BCUT2D eigenvalue weighted by molar-refractivity contribution is -0.157. The zero-order valence-corrected chi connectivity index (χ0v) is 16.3. The van der Waals surface area contributed by atoms with Gasteiger partial charge in [-0.05, 0) is 38.1 Å². The van der Waals surface area contributed by atoms with Gasteiger partial charge in [-0.1, -0.05) is 29.3 Å². The topological polar surface area (TPSA) is 88.6 Å². The van der Waals surface area contributed by atoms with Crippen LogP contribution < -0.4 is 10.2 Å². The van der Waals surface area contributed by atoms with Crippen molar-refractivity contribution < 1.29 is 19.1 Å². The molecular formula is C20H20ClN3O4. The van der Waals surface area contributed by atoms with Crippen molar-refractivity contribution in [2.45, 2.75) is 26.4 Å². The predicted octanol–water partition coefficient (Wildman–Crippen LogP) is 2.97. The molecule has 1 fully saturated rings. The Bertz CT molecular complexity index is 901. The largest absolute Gasteiger partial charge is 0.452 e. The van der Waals surface area contributed by atoms with Gasteiger partial charge in [0.2, 0.25) is 5.91 Å². The summed E-state index contributed by atoms with van der Waals surface area (Å²) in [4.78, 5) is 42.4. The molecule has 1 aliphatic heterocycles. The van der Waals surface area contributed by atoms with Gasteiger partial charge in [-0.3, -0.25) is 14.4 Å². The number of hydrogen-bond acceptors (Lipinski definition) is 5. The van der Waals surface area contributed by atoms with Crippen molar-refractivity contribution in [2.75, 3.05) is 16.8 Å². The van der Waals surface area contributed by atoms with Crippen molar-refractivity contribution in [1.82, 2.24) is 4.98 Å². The van der Waals surface area contributed by atoms with Crippen LogP contribution in [0.1, 0.15) is 18.9 Å². The van der Waals surface area contributed by atoms with E-state index in [1.165, 1.54) is 13.1 Å². The fraction of sp³-hybridized carbons (Fsp3) is 0.300. The summed E-state index contributed by atoms with van der Waals surface area (Å²) in [6.45, 7) is 3.65. The number of aryl methyl sites for hydroxylation is 1. The molecule has 1 aromatic carbocycles. The number of hydrogen-bond donors (Lipinski definition) is 1. The van der Waals surface area contributed by atoms with E-state index in [0.717, 1.165) is 11.3 Å². The average molecular weight is 402 g/mol. The maximum atomic E-state index is 12.4. The summed E-state index contributed by atoms with van der Waals surface area (Å²) in [5.41, 5.74) is 2.15. The molecule has 8 heteroatoms. The average Bonchev–Trinajstić information content (AvgIpc) is 3.06. The zero-order chi connectivity index (χ0) is 20.3. The highest BCUT2D eigenvalue weighted by Crippen LogP contribution is 2.26. The molecular weight excluding hydrogens is 382 g/mol. The molecule has 0 spiro atoms. The summed E-state index contributed by atoms with van der Waals surface area (Å²) in [6.07, 6.45) is 0.515. The molecule has 1 aliphatic rings. The van der Waals surface area contributed by atoms with Crippen molar-refractivity contribution >= 4 is 40.8 Å². The lowest BCUT2D eigenvalue weighted by Gasteiger charge is -2.18. The fourth-order valence-corrected chi connectivity index (χ4v) is 3.04. The number of ether oxygens (including phenoxy) is 1. The molecule has 1 saturated heterocycles. The standard InChI is InChI=1S/C20H20ClN3O4/c1-12-5-7-15(8-6-12)24-11-14(10-17(24)25)20(27)28-13(2)19(26)23-16-4-3-9-22-18(16)21/h3-9,13-14H,10-11H2,1-2H3,(H,23,26)/t13-,14-/m0/s1. The molecule has 3 rings (SSSR count). The van der Waals surface area contributed by atoms with E-state index in [4.69, 9.17) is 16.3 Å². The molecule has 28 heavy (non-hydrogen) atoms. The Morgan fingerprint density at radius 2 is 2.00 bits per heavy atom. The summed E-state index contributed by atoms with van der Waals surface area (Å²) in [5.74, 6) is -1.87. The number of esters is 1. The van der Waals surface area contributed by atoms with Crippen LogP contribution in [0, 0.1) is 12.8 Å². The van der Waals surface area contributed by atoms with E-state index >= 15 is 0 Å². The van der Waals surface area contributed by atoms with E-state index in [1.54, 1.807) is 17.0 Å². The van der Waals surface area contributed by atoms with Gasteiger partial charge in [-0.15, -0.1) is 0 Å². The maximum Gasteiger partial charge on any atom is 0.312 e. The van der Waals surface area contributed by atoms with Crippen LogP contribution in [-0.2, 0) is 19.1 Å². The number of amides is 2. The number of anilines is 2. The minimum Gasteiger partial charge on any atom is -0.452 e. The summed E-state index contributed by atoms with van der Waals surface area (Å²) >= 11 is 5.91. The minimum atomic E-state index is -1.03. The third kappa shape index (κ3) is 4.48. The van der Waals surface area contributed by atoms with E-state index < -0.39 is 23.9 Å². The van der Waals surface area contributed by atoms with Gasteiger partial charge in [-0.25, -0.2) is 4.98 Å². The third-order valence-corrected chi connectivity index (χ3v) is 4.78. The number of carbonyl (C=O) groups excluding carboxylic acids is 3. The van der Waals surface area contributed by atoms with Crippen molar-refractivity contribution in [3.05, 3.63) is 53.3 Å². The van der Waals surface area contributed by atoms with Gasteiger partial charge in [0.1, 0.15) is 0 Å². The molecule has 2 atom stereocenters. The number of aromatic nitrogens is 1. The van der Waals surface area contributed by atoms with Crippen LogP contribution in [0.5, 0.6) is 0 Å². The van der Waals surface area contributed by atoms with Gasteiger partial charge in [-0.2, -0.15) is 0 Å². The maximum absolute atomic E-state index is 12.4. The SMILES string of the molecule is Cc1ccc(N2C[C@@H](C(=O)O[C@@H](C)C(=O)Nc3cccnc3Cl)CC2=O)cc1. The number of nitrogens with one attached hydrogen (secondary N) is 1. The number of benzene rings is 1. The van der Waals surface area contributed by atoms with E-state index in [2.05, 4.69) is 10.3 Å². The van der Waals surface area contributed by atoms with Gasteiger partial charge in [0.25, 0.3) is 5.91 Å². The zero-order valence-electron chi connectivity index (χ0n) is 15.5. The molecule has 7 nitrogen and oxygen atoms in total. The molecule has 0 radical (unpaired) electrons. The molecule has 0 saturated carbocycles. The van der Waals surface area contributed by atoms with Crippen LogP contribution in [0.25, 0.3) is 0 Å². The van der Waals surface area contributed by atoms with Crippen LogP contribution in [0.2, 0.25) is 5.15 Å². The smallest absolute Gasteiger partial charge is 0.312 e. The van der Waals surface area contributed by atoms with Gasteiger partial charge in [0.05, 0.1) is 11.6 Å². The Morgan fingerprint density at radius 3 is 2.68 bits per heavy atom. The molecule has 146 valence electrons. The van der Waals surface area contributed by atoms with Crippen LogP contribution in [0.3, 0.4) is 0 Å². The molecule has 1 N–H and O–H groups in total. The normalized spacial score (nSPS) is 17.3. The van der Waals surface area contributed by atoms with Gasteiger partial charge in [0.15, 0.2) is 11.3 Å². The molecule has 0 aliphatic carbocycles. The lowest BCUT2D eigenvalue weighted by Crippen LogP contribution is -2.33. The Kier molecular flexibility index (Phi) is 5.94. The Hall–Kier alpha value is -2.93. The number of halogens is 1. The second-order valence-electron chi connectivity index (χ2n) is 6.65. The molecule has 0 unspecified atom stereocenters. The number of carbonyl (C=O) groups is 3. The van der Waals surface area contributed by atoms with Crippen LogP contribution in [0.15, 0.2) is 42.6 Å². The molecule has 0 bridgehead atoms. The predicted molar refractivity (Wildman–Crippen MR) is 105 cm³/mol. The summed E-state index contributed by atoms with van der Waals surface area (Å²) in [7, 11) is 0. The first-order valence-corrected chi connectivity index (χ1v) is 9.22. The number of rotatable bonds is 5.